The fourth-order valence-corrected chi connectivity index (χ4v) is 3.52. The molecule has 0 spiro atoms. The Labute approximate surface area is 132 Å². The highest BCUT2D eigenvalue weighted by Gasteiger charge is 2.44. The number of nitrogens with zero attached hydrogens (tertiary/aromatic N) is 2. The molecular weight excluding hydrogens is 278 g/mol. The first-order valence-electron chi connectivity index (χ1n) is 8.09. The minimum absolute atomic E-state index is 0.201. The van der Waals surface area contributed by atoms with Gasteiger partial charge in [-0.15, -0.1) is 0 Å². The molecule has 2 fully saturated rings. The molecule has 0 aromatic heterocycles. The molecule has 22 heavy (non-hydrogen) atoms. The molecule has 2 saturated heterocycles. The van der Waals surface area contributed by atoms with E-state index in [0.29, 0.717) is 0 Å². The lowest BCUT2D eigenvalue weighted by Gasteiger charge is -2.30. The average molecular weight is 303 g/mol. The van der Waals surface area contributed by atoms with Crippen molar-refractivity contribution in [3.8, 4) is 0 Å². The smallest absolute Gasteiger partial charge is 0.229 e. The van der Waals surface area contributed by atoms with Crippen LogP contribution >= 0.6 is 0 Å². The third-order valence-electron chi connectivity index (χ3n) is 4.98. The van der Waals surface area contributed by atoms with E-state index >= 15 is 0 Å². The summed E-state index contributed by atoms with van der Waals surface area (Å²) in [6, 6.07) is 9.99. The fraction of sp³-hybridized carbons (Fsp3) is 0.588. The van der Waals surface area contributed by atoms with Crippen molar-refractivity contribution >= 4 is 5.91 Å². The maximum Gasteiger partial charge on any atom is 0.229 e. The van der Waals surface area contributed by atoms with Crippen LogP contribution in [0.25, 0.3) is 0 Å². The van der Waals surface area contributed by atoms with Crippen LogP contribution in [0.4, 0.5) is 0 Å². The average Bonchev–Trinajstić information content (AvgIpc) is 3.00. The van der Waals surface area contributed by atoms with Crippen molar-refractivity contribution in [1.29, 1.82) is 0 Å². The number of carbonyl (C=O) groups excluding carboxylic acids is 1. The molecule has 2 aliphatic heterocycles. The van der Waals surface area contributed by atoms with Gasteiger partial charge in [0.1, 0.15) is 0 Å². The second-order valence-corrected chi connectivity index (χ2v) is 6.29. The molecule has 2 N–H and O–H groups in total. The second kappa shape index (κ2) is 6.77. The van der Waals surface area contributed by atoms with Crippen molar-refractivity contribution in [2.45, 2.75) is 11.8 Å². The number of morpholine rings is 1. The summed E-state index contributed by atoms with van der Waals surface area (Å²) < 4.78 is 5.38. The summed E-state index contributed by atoms with van der Waals surface area (Å²) in [6.07, 6.45) is 0.815. The molecule has 0 bridgehead atoms. The molecule has 1 atom stereocenters. The van der Waals surface area contributed by atoms with E-state index in [4.69, 9.17) is 10.5 Å². The molecule has 0 saturated carbocycles. The van der Waals surface area contributed by atoms with E-state index in [1.54, 1.807) is 0 Å². The Hall–Kier alpha value is -1.43. The van der Waals surface area contributed by atoms with E-state index in [1.807, 2.05) is 30.3 Å². The van der Waals surface area contributed by atoms with Crippen LogP contribution in [-0.2, 0) is 14.9 Å². The van der Waals surface area contributed by atoms with Gasteiger partial charge in [-0.25, -0.2) is 0 Å². The Morgan fingerprint density at radius 1 is 1.09 bits per heavy atom. The van der Waals surface area contributed by atoms with Gasteiger partial charge in [0.15, 0.2) is 0 Å². The van der Waals surface area contributed by atoms with Crippen LogP contribution in [0.3, 0.4) is 0 Å². The summed E-state index contributed by atoms with van der Waals surface area (Å²) in [4.78, 5) is 16.9. The van der Waals surface area contributed by atoms with E-state index in [-0.39, 0.29) is 5.91 Å². The lowest BCUT2D eigenvalue weighted by molar-refractivity contribution is -0.123. The number of carbonyl (C=O) groups is 1. The first-order valence-corrected chi connectivity index (χ1v) is 8.09. The largest absolute Gasteiger partial charge is 0.379 e. The van der Waals surface area contributed by atoms with Gasteiger partial charge >= 0.3 is 0 Å². The summed E-state index contributed by atoms with van der Waals surface area (Å²) in [5.74, 6) is -0.201. The van der Waals surface area contributed by atoms with Crippen LogP contribution in [-0.4, -0.2) is 68.2 Å². The summed E-state index contributed by atoms with van der Waals surface area (Å²) in [7, 11) is 0. The fourth-order valence-electron chi connectivity index (χ4n) is 3.52. The van der Waals surface area contributed by atoms with Crippen LogP contribution in [0.5, 0.6) is 0 Å². The zero-order chi connectivity index (χ0) is 15.4. The number of hydrogen-bond acceptors (Lipinski definition) is 4. The van der Waals surface area contributed by atoms with Gasteiger partial charge in [0, 0.05) is 32.7 Å². The number of rotatable bonds is 5. The van der Waals surface area contributed by atoms with Crippen molar-refractivity contribution in [1.82, 2.24) is 9.80 Å². The van der Waals surface area contributed by atoms with E-state index in [9.17, 15) is 4.79 Å². The van der Waals surface area contributed by atoms with Crippen molar-refractivity contribution in [3.63, 3.8) is 0 Å². The van der Waals surface area contributed by atoms with Gasteiger partial charge < -0.3 is 15.4 Å². The lowest BCUT2D eigenvalue weighted by Crippen LogP contribution is -2.45. The predicted octanol–water partition coefficient (Wildman–Crippen LogP) is 0.448. The molecule has 0 radical (unpaired) electrons. The molecule has 5 heteroatoms. The quantitative estimate of drug-likeness (QED) is 0.858. The SMILES string of the molecule is NC(=O)C1(c2ccccc2)CCN(CCN2CCOCC2)C1. The molecule has 1 aromatic carbocycles. The first kappa shape index (κ1) is 15.5. The van der Waals surface area contributed by atoms with Crippen molar-refractivity contribution in [2.24, 2.45) is 5.73 Å². The number of benzene rings is 1. The van der Waals surface area contributed by atoms with Crippen LogP contribution in [0.1, 0.15) is 12.0 Å². The molecular formula is C17H25N3O2. The molecule has 2 heterocycles. The predicted molar refractivity (Wildman–Crippen MR) is 85.6 cm³/mol. The Bertz CT molecular complexity index is 502. The van der Waals surface area contributed by atoms with Gasteiger partial charge in [-0.2, -0.15) is 0 Å². The zero-order valence-electron chi connectivity index (χ0n) is 13.0. The lowest BCUT2D eigenvalue weighted by atomic mass is 9.79. The summed E-state index contributed by atoms with van der Waals surface area (Å²) in [5, 5.41) is 0. The Morgan fingerprint density at radius 2 is 1.77 bits per heavy atom. The van der Waals surface area contributed by atoms with E-state index in [1.165, 1.54) is 0 Å². The van der Waals surface area contributed by atoms with Crippen molar-refractivity contribution < 1.29 is 9.53 Å². The second-order valence-electron chi connectivity index (χ2n) is 6.29. The summed E-state index contributed by atoms with van der Waals surface area (Å²) in [6.45, 7) is 7.36. The highest BCUT2D eigenvalue weighted by Crippen LogP contribution is 2.34. The highest BCUT2D eigenvalue weighted by atomic mass is 16.5. The maximum atomic E-state index is 12.1. The third kappa shape index (κ3) is 3.16. The monoisotopic (exact) mass is 303 g/mol. The summed E-state index contributed by atoms with van der Waals surface area (Å²) >= 11 is 0. The molecule has 2 aliphatic rings. The van der Waals surface area contributed by atoms with Gasteiger partial charge in [-0.1, -0.05) is 30.3 Å². The molecule has 3 rings (SSSR count). The molecule has 1 aromatic rings. The molecule has 1 unspecified atom stereocenters. The third-order valence-corrected chi connectivity index (χ3v) is 4.98. The first-order chi connectivity index (χ1) is 10.7. The topological polar surface area (TPSA) is 58.8 Å². The Kier molecular flexibility index (Phi) is 4.76. The molecule has 120 valence electrons. The van der Waals surface area contributed by atoms with Gasteiger partial charge in [-0.3, -0.25) is 9.69 Å². The molecule has 5 nitrogen and oxygen atoms in total. The summed E-state index contributed by atoms with van der Waals surface area (Å²) in [5.41, 5.74) is 6.30. The van der Waals surface area contributed by atoms with Crippen LogP contribution in [0.2, 0.25) is 0 Å². The van der Waals surface area contributed by atoms with Crippen LogP contribution in [0, 0.1) is 0 Å². The molecule has 0 aliphatic carbocycles. The van der Waals surface area contributed by atoms with Crippen LogP contribution < -0.4 is 5.73 Å². The number of ether oxygens (including phenoxy) is 1. The van der Waals surface area contributed by atoms with Gasteiger partial charge in [0.05, 0.1) is 18.6 Å². The minimum atomic E-state index is -0.522. The van der Waals surface area contributed by atoms with Gasteiger partial charge in [0.25, 0.3) is 0 Å². The number of primary amides is 1. The van der Waals surface area contributed by atoms with Gasteiger partial charge in [0.2, 0.25) is 5.91 Å². The van der Waals surface area contributed by atoms with E-state index in [2.05, 4.69) is 9.80 Å². The van der Waals surface area contributed by atoms with Crippen molar-refractivity contribution in [2.75, 3.05) is 52.5 Å². The number of hydrogen-bond donors (Lipinski definition) is 1. The minimum Gasteiger partial charge on any atom is -0.379 e. The maximum absolute atomic E-state index is 12.1. The Balaban J connectivity index is 1.62. The van der Waals surface area contributed by atoms with Crippen molar-refractivity contribution in [3.05, 3.63) is 35.9 Å². The number of amides is 1. The highest BCUT2D eigenvalue weighted by molar-refractivity contribution is 5.87. The van der Waals surface area contributed by atoms with Gasteiger partial charge in [-0.05, 0) is 18.5 Å². The van der Waals surface area contributed by atoms with E-state index < -0.39 is 5.41 Å². The number of nitrogens with two attached hydrogens (primary N) is 1. The zero-order valence-corrected chi connectivity index (χ0v) is 13.0. The Morgan fingerprint density at radius 3 is 2.45 bits per heavy atom. The normalized spacial score (nSPS) is 27.1. The number of likely N-dealkylation sites (tertiary alicyclic amines) is 1. The van der Waals surface area contributed by atoms with Crippen LogP contribution in [0.15, 0.2) is 30.3 Å². The molecule has 1 amide bonds. The standard InChI is InChI=1S/C17H25N3O2/c18-16(21)17(15-4-2-1-3-5-15)6-7-20(14-17)9-8-19-10-12-22-13-11-19/h1-5H,6-14H2,(H2,18,21). The van der Waals surface area contributed by atoms with E-state index in [0.717, 1.165) is 64.5 Å².